The topological polar surface area (TPSA) is 86.0 Å². The van der Waals surface area contributed by atoms with Crippen molar-refractivity contribution in [2.24, 2.45) is 0 Å². The van der Waals surface area contributed by atoms with Gasteiger partial charge in [0, 0.05) is 18.2 Å². The van der Waals surface area contributed by atoms with Crippen LogP contribution in [0, 0.1) is 0 Å². The maximum absolute atomic E-state index is 9.50. The second-order valence-corrected chi connectivity index (χ2v) is 7.85. The van der Waals surface area contributed by atoms with E-state index in [-0.39, 0.29) is 6.61 Å². The molecule has 3 rings (SSSR count). The van der Waals surface area contributed by atoms with Gasteiger partial charge in [-0.25, -0.2) is 0 Å². The number of hydrogen-bond acceptors (Lipinski definition) is 6. The predicted octanol–water partition coefficient (Wildman–Crippen LogP) is 3.42. The van der Waals surface area contributed by atoms with E-state index in [1.165, 1.54) is 5.56 Å². The molecule has 0 aliphatic rings. The van der Waals surface area contributed by atoms with Crippen molar-refractivity contribution in [2.45, 2.75) is 45.3 Å². The largest absolute Gasteiger partial charge is 0.497 e. The lowest BCUT2D eigenvalue weighted by molar-refractivity contribution is -0.197. The molecule has 0 fully saturated rings. The molecule has 0 aliphatic carbocycles. The fraction of sp³-hybridized carbons (Fsp3) is 0.375. The fourth-order valence-electron chi connectivity index (χ4n) is 3.11. The van der Waals surface area contributed by atoms with Crippen LogP contribution in [-0.4, -0.2) is 46.1 Å². The number of aliphatic hydroxyl groups is 2. The number of nitrogens with zero attached hydrogens (tertiary/aromatic N) is 2. The van der Waals surface area contributed by atoms with Gasteiger partial charge in [0.15, 0.2) is 6.29 Å². The molecule has 0 bridgehead atoms. The van der Waals surface area contributed by atoms with Crippen LogP contribution in [0.1, 0.15) is 25.1 Å². The minimum atomic E-state index is -1.59. The standard InChI is InChI=1S/C24H30N2O5/c1-24(2,23(27)28)31-16-19-14-22(18-12-20(29-3)15-21(13-18)30-4)26(25-19)11-10-17-8-6-5-7-9-17/h5-9,12-15,23,27-28H,10-11,16H2,1-4H3. The highest BCUT2D eigenvalue weighted by molar-refractivity contribution is 5.64. The van der Waals surface area contributed by atoms with Crippen molar-refractivity contribution in [1.82, 2.24) is 9.78 Å². The lowest BCUT2D eigenvalue weighted by Gasteiger charge is -2.26. The summed E-state index contributed by atoms with van der Waals surface area (Å²) in [6, 6.07) is 17.9. The molecule has 7 heteroatoms. The average molecular weight is 427 g/mol. The maximum atomic E-state index is 9.50. The van der Waals surface area contributed by atoms with Gasteiger partial charge in [0.2, 0.25) is 0 Å². The summed E-state index contributed by atoms with van der Waals surface area (Å²) in [4.78, 5) is 0. The fourth-order valence-corrected chi connectivity index (χ4v) is 3.11. The van der Waals surface area contributed by atoms with E-state index in [1.54, 1.807) is 28.1 Å². The molecule has 0 spiro atoms. The van der Waals surface area contributed by atoms with E-state index >= 15 is 0 Å². The molecule has 3 aromatic rings. The van der Waals surface area contributed by atoms with Crippen LogP contribution in [0.5, 0.6) is 11.5 Å². The number of benzene rings is 2. The van der Waals surface area contributed by atoms with E-state index in [0.29, 0.717) is 23.7 Å². The predicted molar refractivity (Wildman–Crippen MR) is 118 cm³/mol. The first kappa shape index (κ1) is 22.8. The number of ether oxygens (including phenoxy) is 3. The highest BCUT2D eigenvalue weighted by Crippen LogP contribution is 2.31. The molecule has 31 heavy (non-hydrogen) atoms. The summed E-state index contributed by atoms with van der Waals surface area (Å²) in [6.45, 7) is 4.07. The van der Waals surface area contributed by atoms with Gasteiger partial charge < -0.3 is 24.4 Å². The molecule has 1 aromatic heterocycles. The summed E-state index contributed by atoms with van der Waals surface area (Å²) in [5.41, 5.74) is 2.61. The van der Waals surface area contributed by atoms with Crippen LogP contribution < -0.4 is 9.47 Å². The van der Waals surface area contributed by atoms with Crippen LogP contribution in [0.3, 0.4) is 0 Å². The first-order valence-electron chi connectivity index (χ1n) is 10.2. The summed E-state index contributed by atoms with van der Waals surface area (Å²) in [6.07, 6.45) is -0.771. The Kier molecular flexibility index (Phi) is 7.33. The Balaban J connectivity index is 1.92. The normalized spacial score (nSPS) is 11.7. The third kappa shape index (κ3) is 5.85. The highest BCUT2D eigenvalue weighted by Gasteiger charge is 2.27. The van der Waals surface area contributed by atoms with Crippen LogP contribution >= 0.6 is 0 Å². The van der Waals surface area contributed by atoms with Crippen LogP contribution in [0.15, 0.2) is 54.6 Å². The van der Waals surface area contributed by atoms with Gasteiger partial charge >= 0.3 is 0 Å². The molecule has 1 heterocycles. The van der Waals surface area contributed by atoms with E-state index in [0.717, 1.165) is 17.7 Å². The SMILES string of the molecule is COc1cc(OC)cc(-c2cc(COC(C)(C)C(O)O)nn2CCc2ccccc2)c1. The van der Waals surface area contributed by atoms with Crippen molar-refractivity contribution in [3.8, 4) is 22.8 Å². The second kappa shape index (κ2) is 9.96. The summed E-state index contributed by atoms with van der Waals surface area (Å²) in [5, 5.41) is 23.7. The van der Waals surface area contributed by atoms with Gasteiger partial charge in [-0.05, 0) is 44.0 Å². The number of hydrogen-bond donors (Lipinski definition) is 2. The zero-order valence-electron chi connectivity index (χ0n) is 18.4. The summed E-state index contributed by atoms with van der Waals surface area (Å²) in [5.74, 6) is 1.37. The molecule has 0 radical (unpaired) electrons. The van der Waals surface area contributed by atoms with Gasteiger partial charge in [0.25, 0.3) is 0 Å². The second-order valence-electron chi connectivity index (χ2n) is 7.85. The van der Waals surface area contributed by atoms with E-state index in [1.807, 2.05) is 47.1 Å². The Bertz CT molecular complexity index is 961. The Hall–Kier alpha value is -2.87. The molecule has 0 saturated carbocycles. The molecule has 0 atom stereocenters. The van der Waals surface area contributed by atoms with Crippen molar-refractivity contribution in [3.05, 3.63) is 65.9 Å². The first-order chi connectivity index (χ1) is 14.8. The van der Waals surface area contributed by atoms with Crippen molar-refractivity contribution in [3.63, 3.8) is 0 Å². The zero-order valence-corrected chi connectivity index (χ0v) is 18.4. The van der Waals surface area contributed by atoms with Gasteiger partial charge in [-0.2, -0.15) is 5.10 Å². The molecular formula is C24H30N2O5. The maximum Gasteiger partial charge on any atom is 0.180 e. The Morgan fingerprint density at radius 1 is 0.968 bits per heavy atom. The monoisotopic (exact) mass is 426 g/mol. The number of aromatic nitrogens is 2. The number of rotatable bonds is 10. The molecule has 7 nitrogen and oxygen atoms in total. The van der Waals surface area contributed by atoms with Crippen LogP contribution in [0.4, 0.5) is 0 Å². The molecule has 2 N–H and O–H groups in total. The van der Waals surface area contributed by atoms with Gasteiger partial charge in [0.05, 0.1) is 32.2 Å². The van der Waals surface area contributed by atoms with E-state index in [9.17, 15) is 10.2 Å². The first-order valence-corrected chi connectivity index (χ1v) is 10.2. The van der Waals surface area contributed by atoms with Crippen molar-refractivity contribution < 1.29 is 24.4 Å². The molecule has 0 unspecified atom stereocenters. The zero-order chi connectivity index (χ0) is 22.4. The molecule has 0 saturated heterocycles. The van der Waals surface area contributed by atoms with E-state index in [2.05, 4.69) is 12.1 Å². The smallest absolute Gasteiger partial charge is 0.180 e. The third-order valence-electron chi connectivity index (χ3n) is 5.15. The van der Waals surface area contributed by atoms with Crippen molar-refractivity contribution in [1.29, 1.82) is 0 Å². The lowest BCUT2D eigenvalue weighted by Crippen LogP contribution is -2.38. The third-order valence-corrected chi connectivity index (χ3v) is 5.15. The van der Waals surface area contributed by atoms with E-state index < -0.39 is 11.9 Å². The van der Waals surface area contributed by atoms with Crippen LogP contribution in [0.25, 0.3) is 11.3 Å². The molecular weight excluding hydrogens is 396 g/mol. The summed E-state index contributed by atoms with van der Waals surface area (Å²) >= 11 is 0. The van der Waals surface area contributed by atoms with Crippen molar-refractivity contribution in [2.75, 3.05) is 14.2 Å². The van der Waals surface area contributed by atoms with Gasteiger partial charge in [-0.15, -0.1) is 0 Å². The lowest BCUT2D eigenvalue weighted by atomic mass is 10.1. The van der Waals surface area contributed by atoms with Gasteiger partial charge in [-0.3, -0.25) is 4.68 Å². The number of aryl methyl sites for hydroxylation is 2. The summed E-state index contributed by atoms with van der Waals surface area (Å²) < 4.78 is 18.5. The molecule has 166 valence electrons. The van der Waals surface area contributed by atoms with Gasteiger partial charge in [0.1, 0.15) is 17.1 Å². The molecule has 0 amide bonds. The molecule has 0 aliphatic heterocycles. The highest BCUT2D eigenvalue weighted by atomic mass is 16.6. The van der Waals surface area contributed by atoms with Crippen LogP contribution in [-0.2, 0) is 24.3 Å². The minimum Gasteiger partial charge on any atom is -0.497 e. The Labute approximate surface area is 182 Å². The minimum absolute atomic E-state index is 0.150. The van der Waals surface area contributed by atoms with Crippen LogP contribution in [0.2, 0.25) is 0 Å². The Morgan fingerprint density at radius 2 is 1.61 bits per heavy atom. The summed E-state index contributed by atoms with van der Waals surface area (Å²) in [7, 11) is 3.24. The quantitative estimate of drug-likeness (QED) is 0.483. The number of aliphatic hydroxyl groups excluding tert-OH is 1. The molecule has 2 aromatic carbocycles. The van der Waals surface area contributed by atoms with Crippen molar-refractivity contribution >= 4 is 0 Å². The number of methoxy groups -OCH3 is 2. The Morgan fingerprint density at radius 3 is 2.19 bits per heavy atom. The van der Waals surface area contributed by atoms with Gasteiger partial charge in [-0.1, -0.05) is 30.3 Å². The average Bonchev–Trinajstić information content (AvgIpc) is 3.20. The van der Waals surface area contributed by atoms with E-state index in [4.69, 9.17) is 19.3 Å².